The van der Waals surface area contributed by atoms with Crippen LogP contribution in [0.1, 0.15) is 12.5 Å². The lowest BCUT2D eigenvalue weighted by Crippen LogP contribution is -2.00. The molecule has 0 saturated heterocycles. The first-order chi connectivity index (χ1) is 6.67. The molecule has 3 nitrogen and oxygen atoms in total. The zero-order chi connectivity index (χ0) is 10.6. The van der Waals surface area contributed by atoms with Crippen molar-refractivity contribution in [3.63, 3.8) is 0 Å². The van der Waals surface area contributed by atoms with Crippen molar-refractivity contribution in [2.75, 3.05) is 7.11 Å². The van der Waals surface area contributed by atoms with Crippen LogP contribution in [-0.2, 0) is 11.2 Å². The highest BCUT2D eigenvalue weighted by molar-refractivity contribution is 5.54. The summed E-state index contributed by atoms with van der Waals surface area (Å²) in [7, 11) is 1.54. The molecule has 3 heteroatoms. The molecule has 0 saturated carbocycles. The van der Waals surface area contributed by atoms with E-state index >= 15 is 0 Å². The van der Waals surface area contributed by atoms with Crippen molar-refractivity contribution in [2.45, 2.75) is 13.3 Å². The average Bonchev–Trinajstić information content (AvgIpc) is 2.20. The number of phenols is 1. The third-order valence-corrected chi connectivity index (χ3v) is 2.07. The number of hydrogen-bond acceptors (Lipinski definition) is 3. The fourth-order valence-electron chi connectivity index (χ4n) is 1.24. The molecule has 0 spiro atoms. The third kappa shape index (κ3) is 2.49. The minimum atomic E-state index is -0.0747. The molecule has 76 valence electrons. The SMILES string of the molecule is COc1ccc(CC(C)C=O)c(O)c1. The number of aldehydes is 1. The highest BCUT2D eigenvalue weighted by Gasteiger charge is 2.07. The van der Waals surface area contributed by atoms with Gasteiger partial charge >= 0.3 is 0 Å². The predicted molar refractivity (Wildman–Crippen MR) is 53.6 cm³/mol. The Hall–Kier alpha value is -1.51. The van der Waals surface area contributed by atoms with Crippen molar-refractivity contribution in [3.8, 4) is 11.5 Å². The van der Waals surface area contributed by atoms with Gasteiger partial charge < -0.3 is 14.6 Å². The summed E-state index contributed by atoms with van der Waals surface area (Å²) >= 11 is 0. The highest BCUT2D eigenvalue weighted by atomic mass is 16.5. The summed E-state index contributed by atoms with van der Waals surface area (Å²) in [5.74, 6) is 0.720. The minimum Gasteiger partial charge on any atom is -0.508 e. The van der Waals surface area contributed by atoms with Gasteiger partial charge in [0, 0.05) is 12.0 Å². The number of carbonyl (C=O) groups is 1. The van der Waals surface area contributed by atoms with Gasteiger partial charge in [-0.2, -0.15) is 0 Å². The van der Waals surface area contributed by atoms with Crippen LogP contribution in [0.5, 0.6) is 11.5 Å². The Kier molecular flexibility index (Phi) is 3.51. The van der Waals surface area contributed by atoms with E-state index in [1.54, 1.807) is 25.3 Å². The van der Waals surface area contributed by atoms with Gasteiger partial charge in [0.15, 0.2) is 0 Å². The van der Waals surface area contributed by atoms with E-state index in [1.807, 2.05) is 6.92 Å². The van der Waals surface area contributed by atoms with Crippen LogP contribution >= 0.6 is 0 Å². The van der Waals surface area contributed by atoms with Crippen LogP contribution in [0.4, 0.5) is 0 Å². The van der Waals surface area contributed by atoms with Gasteiger partial charge in [-0.3, -0.25) is 0 Å². The number of methoxy groups -OCH3 is 1. The topological polar surface area (TPSA) is 46.5 Å². The Morgan fingerprint density at radius 1 is 1.57 bits per heavy atom. The Bertz CT molecular complexity index is 320. The summed E-state index contributed by atoms with van der Waals surface area (Å²) in [4.78, 5) is 10.4. The highest BCUT2D eigenvalue weighted by Crippen LogP contribution is 2.25. The molecule has 0 bridgehead atoms. The molecule has 0 radical (unpaired) electrons. The van der Waals surface area contributed by atoms with Gasteiger partial charge in [0.2, 0.25) is 0 Å². The third-order valence-electron chi connectivity index (χ3n) is 2.07. The summed E-state index contributed by atoms with van der Waals surface area (Å²) in [6, 6.07) is 5.09. The molecular formula is C11H14O3. The van der Waals surface area contributed by atoms with E-state index < -0.39 is 0 Å². The zero-order valence-corrected chi connectivity index (χ0v) is 8.36. The summed E-state index contributed by atoms with van der Waals surface area (Å²) in [6.45, 7) is 1.82. The van der Waals surface area contributed by atoms with Crippen molar-refractivity contribution >= 4 is 6.29 Å². The van der Waals surface area contributed by atoms with Crippen molar-refractivity contribution in [1.82, 2.24) is 0 Å². The molecule has 0 aliphatic rings. The molecule has 0 amide bonds. The lowest BCUT2D eigenvalue weighted by atomic mass is 10.0. The van der Waals surface area contributed by atoms with E-state index in [9.17, 15) is 9.90 Å². The van der Waals surface area contributed by atoms with E-state index in [0.717, 1.165) is 11.8 Å². The molecule has 0 heterocycles. The molecule has 1 N–H and O–H groups in total. The van der Waals surface area contributed by atoms with Gasteiger partial charge in [0.05, 0.1) is 7.11 Å². The normalized spacial score (nSPS) is 12.1. The van der Waals surface area contributed by atoms with E-state index in [1.165, 1.54) is 0 Å². The molecule has 1 unspecified atom stereocenters. The monoisotopic (exact) mass is 194 g/mol. The minimum absolute atomic E-state index is 0.0747. The van der Waals surface area contributed by atoms with Crippen LogP contribution in [0.15, 0.2) is 18.2 Å². The first kappa shape index (κ1) is 10.6. The van der Waals surface area contributed by atoms with Crippen molar-refractivity contribution in [1.29, 1.82) is 0 Å². The smallest absolute Gasteiger partial charge is 0.123 e. The van der Waals surface area contributed by atoms with Gasteiger partial charge in [-0.1, -0.05) is 13.0 Å². The van der Waals surface area contributed by atoms with E-state index in [4.69, 9.17) is 4.74 Å². The van der Waals surface area contributed by atoms with E-state index in [0.29, 0.717) is 12.2 Å². The lowest BCUT2D eigenvalue weighted by molar-refractivity contribution is -0.110. The quantitative estimate of drug-likeness (QED) is 0.743. The zero-order valence-electron chi connectivity index (χ0n) is 8.36. The van der Waals surface area contributed by atoms with Gasteiger partial charge in [-0.15, -0.1) is 0 Å². The maximum absolute atomic E-state index is 10.4. The molecule has 0 aliphatic carbocycles. The fraction of sp³-hybridized carbons (Fsp3) is 0.364. The molecule has 0 aromatic heterocycles. The fourth-order valence-corrected chi connectivity index (χ4v) is 1.24. The molecule has 14 heavy (non-hydrogen) atoms. The van der Waals surface area contributed by atoms with Crippen molar-refractivity contribution in [2.24, 2.45) is 5.92 Å². The number of aromatic hydroxyl groups is 1. The molecular weight excluding hydrogens is 180 g/mol. The summed E-state index contributed by atoms with van der Waals surface area (Å²) < 4.78 is 4.95. The van der Waals surface area contributed by atoms with Crippen LogP contribution in [0.2, 0.25) is 0 Å². The molecule has 0 fully saturated rings. The van der Waals surface area contributed by atoms with Gasteiger partial charge in [-0.05, 0) is 18.1 Å². The van der Waals surface area contributed by atoms with Gasteiger partial charge in [-0.25, -0.2) is 0 Å². The van der Waals surface area contributed by atoms with Crippen LogP contribution < -0.4 is 4.74 Å². The Morgan fingerprint density at radius 2 is 2.29 bits per heavy atom. The standard InChI is InChI=1S/C11H14O3/c1-8(7-12)5-9-3-4-10(14-2)6-11(9)13/h3-4,6-8,13H,5H2,1-2H3. The maximum atomic E-state index is 10.4. The number of phenolic OH excluding ortho intramolecular Hbond substituents is 1. The van der Waals surface area contributed by atoms with Gasteiger partial charge in [0.1, 0.15) is 17.8 Å². The van der Waals surface area contributed by atoms with Crippen molar-refractivity contribution < 1.29 is 14.6 Å². The first-order valence-electron chi connectivity index (χ1n) is 4.48. The lowest BCUT2D eigenvalue weighted by Gasteiger charge is -2.07. The second kappa shape index (κ2) is 4.65. The largest absolute Gasteiger partial charge is 0.508 e. The van der Waals surface area contributed by atoms with Crippen LogP contribution in [0.3, 0.4) is 0 Å². The maximum Gasteiger partial charge on any atom is 0.123 e. The first-order valence-corrected chi connectivity index (χ1v) is 4.48. The number of benzene rings is 1. The van der Waals surface area contributed by atoms with E-state index in [-0.39, 0.29) is 11.7 Å². The molecule has 0 aliphatic heterocycles. The Morgan fingerprint density at radius 3 is 2.79 bits per heavy atom. The molecule has 1 rings (SSSR count). The molecule has 1 aromatic carbocycles. The number of rotatable bonds is 4. The molecule has 1 aromatic rings. The number of carbonyl (C=O) groups excluding carboxylic acids is 1. The summed E-state index contributed by atoms with van der Waals surface area (Å²) in [5.41, 5.74) is 0.769. The second-order valence-corrected chi connectivity index (χ2v) is 3.31. The van der Waals surface area contributed by atoms with Crippen LogP contribution in [-0.4, -0.2) is 18.5 Å². The van der Waals surface area contributed by atoms with Crippen molar-refractivity contribution in [3.05, 3.63) is 23.8 Å². The molecule has 1 atom stereocenters. The van der Waals surface area contributed by atoms with Crippen LogP contribution in [0.25, 0.3) is 0 Å². The Labute approximate surface area is 83.3 Å². The summed E-state index contributed by atoms with van der Waals surface area (Å²) in [5, 5.41) is 9.57. The predicted octanol–water partition coefficient (Wildman–Crippen LogP) is 1.78. The van der Waals surface area contributed by atoms with Gasteiger partial charge in [0.25, 0.3) is 0 Å². The Balaban J connectivity index is 2.83. The average molecular weight is 194 g/mol. The second-order valence-electron chi connectivity index (χ2n) is 3.31. The summed E-state index contributed by atoms with van der Waals surface area (Å²) in [6.07, 6.45) is 1.43. The van der Waals surface area contributed by atoms with Crippen LogP contribution in [0, 0.1) is 5.92 Å². The number of hydrogen-bond donors (Lipinski definition) is 1. The number of ether oxygens (including phenoxy) is 1. The van der Waals surface area contributed by atoms with E-state index in [2.05, 4.69) is 0 Å².